The average molecular weight is 301 g/mol. The van der Waals surface area contributed by atoms with Gasteiger partial charge < -0.3 is 9.15 Å². The molecule has 0 aliphatic carbocycles. The van der Waals surface area contributed by atoms with Crippen molar-refractivity contribution >= 4 is 0 Å². The Morgan fingerprint density at radius 1 is 1.27 bits per heavy atom. The fourth-order valence-corrected chi connectivity index (χ4v) is 2.91. The Morgan fingerprint density at radius 3 is 2.82 bits per heavy atom. The van der Waals surface area contributed by atoms with E-state index in [-0.39, 0.29) is 0 Å². The number of ether oxygens (including phenoxy) is 1. The van der Waals surface area contributed by atoms with Crippen LogP contribution in [0.3, 0.4) is 0 Å². The maximum absolute atomic E-state index is 5.77. The third-order valence-electron chi connectivity index (χ3n) is 4.13. The van der Waals surface area contributed by atoms with Gasteiger partial charge in [0.1, 0.15) is 5.75 Å². The molecule has 0 bridgehead atoms. The summed E-state index contributed by atoms with van der Waals surface area (Å²) in [7, 11) is 1.69. The van der Waals surface area contributed by atoms with Gasteiger partial charge in [-0.2, -0.15) is 0 Å². The predicted octanol–water partition coefficient (Wildman–Crippen LogP) is 3.02. The van der Waals surface area contributed by atoms with Gasteiger partial charge in [0.25, 0.3) is 0 Å². The minimum Gasteiger partial charge on any atom is -0.497 e. The summed E-state index contributed by atoms with van der Waals surface area (Å²) in [6.45, 7) is 5.13. The zero-order valence-electron chi connectivity index (χ0n) is 13.3. The highest BCUT2D eigenvalue weighted by Gasteiger charge is 2.28. The molecule has 3 rings (SSSR count). The van der Waals surface area contributed by atoms with Crippen LogP contribution in [0.15, 0.2) is 28.7 Å². The van der Waals surface area contributed by atoms with Gasteiger partial charge in [0.15, 0.2) is 0 Å². The van der Waals surface area contributed by atoms with Gasteiger partial charge in [0.05, 0.1) is 13.0 Å². The van der Waals surface area contributed by atoms with Gasteiger partial charge in [0, 0.05) is 19.5 Å². The van der Waals surface area contributed by atoms with Gasteiger partial charge in [-0.25, -0.2) is 0 Å². The lowest BCUT2D eigenvalue weighted by Crippen LogP contribution is -2.19. The Bertz CT molecular complexity index is 594. The van der Waals surface area contributed by atoms with Crippen LogP contribution in [0.5, 0.6) is 5.75 Å². The summed E-state index contributed by atoms with van der Waals surface area (Å²) in [5.41, 5.74) is 1.30. The molecule has 22 heavy (non-hydrogen) atoms. The lowest BCUT2D eigenvalue weighted by molar-refractivity contribution is 0.318. The van der Waals surface area contributed by atoms with Crippen molar-refractivity contribution in [1.29, 1.82) is 0 Å². The fourth-order valence-electron chi connectivity index (χ4n) is 2.91. The molecule has 0 unspecified atom stereocenters. The minimum absolute atomic E-state index is 0.372. The molecule has 1 aliphatic heterocycles. The zero-order valence-corrected chi connectivity index (χ0v) is 13.3. The van der Waals surface area contributed by atoms with E-state index in [9.17, 15) is 0 Å². The first kappa shape index (κ1) is 15.0. The zero-order chi connectivity index (χ0) is 15.4. The van der Waals surface area contributed by atoms with E-state index in [1.807, 2.05) is 12.1 Å². The number of nitrogens with zero attached hydrogens (tertiary/aromatic N) is 3. The molecular formula is C17H23N3O2. The second kappa shape index (κ2) is 6.92. The highest BCUT2D eigenvalue weighted by molar-refractivity contribution is 5.27. The second-order valence-electron chi connectivity index (χ2n) is 5.85. The molecule has 1 fully saturated rings. The number of hydrogen-bond donors (Lipinski definition) is 0. The van der Waals surface area contributed by atoms with Gasteiger partial charge in [-0.1, -0.05) is 19.1 Å². The fraction of sp³-hybridized carbons (Fsp3) is 0.529. The van der Waals surface area contributed by atoms with E-state index in [0.29, 0.717) is 5.92 Å². The third-order valence-corrected chi connectivity index (χ3v) is 4.13. The molecule has 2 heterocycles. The molecule has 1 aromatic carbocycles. The molecule has 1 atom stereocenters. The van der Waals surface area contributed by atoms with Crippen molar-refractivity contribution in [2.24, 2.45) is 0 Å². The summed E-state index contributed by atoms with van der Waals surface area (Å²) < 4.78 is 11.0. The van der Waals surface area contributed by atoms with Crippen molar-refractivity contribution in [3.8, 4) is 5.75 Å². The lowest BCUT2D eigenvalue weighted by Gasteiger charge is -2.15. The van der Waals surface area contributed by atoms with Crippen LogP contribution >= 0.6 is 0 Å². The molecule has 0 spiro atoms. The Labute approximate surface area is 131 Å². The second-order valence-corrected chi connectivity index (χ2v) is 5.85. The number of methoxy groups -OCH3 is 1. The van der Waals surface area contributed by atoms with Crippen LogP contribution in [0, 0.1) is 0 Å². The van der Waals surface area contributed by atoms with Gasteiger partial charge in [0.2, 0.25) is 11.8 Å². The van der Waals surface area contributed by atoms with Gasteiger partial charge in [-0.3, -0.25) is 4.90 Å². The Balaban J connectivity index is 1.56. The molecule has 1 aromatic heterocycles. The number of likely N-dealkylation sites (tertiary alicyclic amines) is 1. The monoisotopic (exact) mass is 301 g/mol. The average Bonchev–Trinajstić information content (AvgIpc) is 3.18. The molecule has 0 amide bonds. The van der Waals surface area contributed by atoms with Gasteiger partial charge in [-0.15, -0.1) is 10.2 Å². The largest absolute Gasteiger partial charge is 0.497 e. The number of rotatable bonds is 6. The van der Waals surface area contributed by atoms with Gasteiger partial charge >= 0.3 is 0 Å². The van der Waals surface area contributed by atoms with Crippen molar-refractivity contribution in [2.75, 3.05) is 20.2 Å². The molecule has 1 aliphatic rings. The first-order valence-corrected chi connectivity index (χ1v) is 7.96. The lowest BCUT2D eigenvalue weighted by atomic mass is 10.1. The summed E-state index contributed by atoms with van der Waals surface area (Å²) >= 11 is 0. The first-order valence-electron chi connectivity index (χ1n) is 7.96. The summed E-state index contributed by atoms with van der Waals surface area (Å²) in [6.07, 6.45) is 3.00. The maximum Gasteiger partial charge on any atom is 0.220 e. The van der Waals surface area contributed by atoms with Crippen molar-refractivity contribution in [1.82, 2.24) is 15.1 Å². The topological polar surface area (TPSA) is 51.4 Å². The SMILES string of the molecule is CCCc1nnc([C@H]2CCN(Cc3ccc(OC)cc3)C2)o1. The van der Waals surface area contributed by atoms with Crippen molar-refractivity contribution < 1.29 is 9.15 Å². The molecule has 0 saturated carbocycles. The van der Waals surface area contributed by atoms with Crippen LogP contribution in [0.25, 0.3) is 0 Å². The first-order chi connectivity index (χ1) is 10.8. The molecule has 5 heteroatoms. The van der Waals surface area contributed by atoms with E-state index in [4.69, 9.17) is 9.15 Å². The standard InChI is InChI=1S/C17H23N3O2/c1-3-4-16-18-19-17(22-16)14-9-10-20(12-14)11-13-5-7-15(21-2)8-6-13/h5-8,14H,3-4,9-12H2,1-2H3/t14-/m0/s1. The van der Waals surface area contributed by atoms with Crippen LogP contribution in [0.2, 0.25) is 0 Å². The molecule has 0 radical (unpaired) electrons. The van der Waals surface area contributed by atoms with E-state index >= 15 is 0 Å². The van der Waals surface area contributed by atoms with Crippen molar-refractivity contribution in [2.45, 2.75) is 38.6 Å². The quantitative estimate of drug-likeness (QED) is 0.821. The molecule has 5 nitrogen and oxygen atoms in total. The molecule has 1 saturated heterocycles. The smallest absolute Gasteiger partial charge is 0.220 e. The van der Waals surface area contributed by atoms with Crippen LogP contribution in [0.1, 0.15) is 43.0 Å². The maximum atomic E-state index is 5.77. The summed E-state index contributed by atoms with van der Waals surface area (Å²) in [4.78, 5) is 2.44. The normalized spacial score (nSPS) is 18.7. The van der Waals surface area contributed by atoms with Crippen LogP contribution < -0.4 is 4.74 Å². The Hall–Kier alpha value is -1.88. The highest BCUT2D eigenvalue weighted by Crippen LogP contribution is 2.27. The summed E-state index contributed by atoms with van der Waals surface area (Å²) in [6, 6.07) is 8.27. The molecule has 118 valence electrons. The predicted molar refractivity (Wildman–Crippen MR) is 83.9 cm³/mol. The highest BCUT2D eigenvalue weighted by atomic mass is 16.5. The third kappa shape index (κ3) is 3.47. The van der Waals surface area contributed by atoms with Crippen molar-refractivity contribution in [3.05, 3.63) is 41.6 Å². The number of hydrogen-bond acceptors (Lipinski definition) is 5. The van der Waals surface area contributed by atoms with Crippen LogP contribution in [-0.2, 0) is 13.0 Å². The number of aryl methyl sites for hydroxylation is 1. The van der Waals surface area contributed by atoms with Gasteiger partial charge in [-0.05, 0) is 37.1 Å². The van der Waals surface area contributed by atoms with E-state index in [1.54, 1.807) is 7.11 Å². The molecule has 0 N–H and O–H groups in total. The van der Waals surface area contributed by atoms with E-state index in [2.05, 4.69) is 34.2 Å². The Kier molecular flexibility index (Phi) is 4.73. The van der Waals surface area contributed by atoms with E-state index in [1.165, 1.54) is 5.56 Å². The number of aromatic nitrogens is 2. The molecule has 2 aromatic rings. The van der Waals surface area contributed by atoms with Crippen molar-refractivity contribution in [3.63, 3.8) is 0 Å². The summed E-state index contributed by atoms with van der Waals surface area (Å²) in [5.74, 6) is 2.85. The van der Waals surface area contributed by atoms with E-state index in [0.717, 1.165) is 56.4 Å². The number of benzene rings is 1. The van der Waals surface area contributed by atoms with Crippen LogP contribution in [0.4, 0.5) is 0 Å². The van der Waals surface area contributed by atoms with E-state index < -0.39 is 0 Å². The molecular weight excluding hydrogens is 278 g/mol. The summed E-state index contributed by atoms with van der Waals surface area (Å²) in [5, 5.41) is 8.35. The van der Waals surface area contributed by atoms with Crippen LogP contribution in [-0.4, -0.2) is 35.3 Å². The Morgan fingerprint density at radius 2 is 2.09 bits per heavy atom. The minimum atomic E-state index is 0.372.